The summed E-state index contributed by atoms with van der Waals surface area (Å²) in [6, 6.07) is 5.25. The van der Waals surface area contributed by atoms with E-state index in [4.69, 9.17) is 27.9 Å². The first-order chi connectivity index (χ1) is 16.4. The van der Waals surface area contributed by atoms with E-state index >= 15 is 0 Å². The molecule has 0 aliphatic carbocycles. The first-order valence-corrected chi connectivity index (χ1v) is 13.3. The van der Waals surface area contributed by atoms with Crippen LogP contribution in [0.25, 0.3) is 6.08 Å². The molecule has 4 rings (SSSR count). The number of unbranched alkanes of at least 4 members (excludes halogenated alkanes) is 1. The highest BCUT2D eigenvalue weighted by Crippen LogP contribution is 2.35. The summed E-state index contributed by atoms with van der Waals surface area (Å²) in [5, 5.41) is 0.943. The van der Waals surface area contributed by atoms with Crippen LogP contribution in [0, 0.1) is 0 Å². The van der Waals surface area contributed by atoms with Gasteiger partial charge in [-0.15, -0.1) is 0 Å². The zero-order valence-electron chi connectivity index (χ0n) is 19.8. The van der Waals surface area contributed by atoms with Gasteiger partial charge in [0.25, 0.3) is 0 Å². The SMILES string of the molecule is O=C(C=Cc1ccc(Cl)c(Cl)c1)N1CCC(=O)N(CCCCN2CCC3(CCCO3)CC2)CC1. The lowest BCUT2D eigenvalue weighted by Gasteiger charge is -2.38. The van der Waals surface area contributed by atoms with Crippen LogP contribution < -0.4 is 0 Å². The first kappa shape index (κ1) is 25.5. The summed E-state index contributed by atoms with van der Waals surface area (Å²) in [4.78, 5) is 31.5. The number of hydrogen-bond donors (Lipinski definition) is 0. The van der Waals surface area contributed by atoms with Gasteiger partial charge in [-0.25, -0.2) is 0 Å². The molecule has 0 unspecified atom stereocenters. The molecule has 0 atom stereocenters. The van der Waals surface area contributed by atoms with E-state index in [9.17, 15) is 9.59 Å². The van der Waals surface area contributed by atoms with E-state index in [0.717, 1.165) is 64.0 Å². The fourth-order valence-corrected chi connectivity index (χ4v) is 5.49. The number of ether oxygens (including phenoxy) is 1. The predicted molar refractivity (Wildman–Crippen MR) is 136 cm³/mol. The van der Waals surface area contributed by atoms with Gasteiger partial charge in [0, 0.05) is 58.4 Å². The van der Waals surface area contributed by atoms with Crippen molar-refractivity contribution in [1.82, 2.24) is 14.7 Å². The molecule has 0 bridgehead atoms. The van der Waals surface area contributed by atoms with E-state index < -0.39 is 0 Å². The van der Waals surface area contributed by atoms with Crippen molar-refractivity contribution in [2.75, 3.05) is 52.4 Å². The topological polar surface area (TPSA) is 53.1 Å². The molecule has 3 fully saturated rings. The van der Waals surface area contributed by atoms with Crippen LogP contribution in [0.5, 0.6) is 0 Å². The Kier molecular flexibility index (Phi) is 8.92. The molecule has 6 nitrogen and oxygen atoms in total. The molecule has 1 spiro atoms. The Hall–Kier alpha value is -1.60. The van der Waals surface area contributed by atoms with Crippen LogP contribution in [0.3, 0.4) is 0 Å². The molecule has 0 saturated carbocycles. The summed E-state index contributed by atoms with van der Waals surface area (Å²) in [6.07, 6.45) is 10.5. The lowest BCUT2D eigenvalue weighted by atomic mass is 9.88. The van der Waals surface area contributed by atoms with Gasteiger partial charge in [0.2, 0.25) is 11.8 Å². The Morgan fingerprint density at radius 1 is 1.00 bits per heavy atom. The quantitative estimate of drug-likeness (QED) is 0.402. The summed E-state index contributed by atoms with van der Waals surface area (Å²) in [5.41, 5.74) is 0.991. The highest BCUT2D eigenvalue weighted by molar-refractivity contribution is 6.42. The maximum absolute atomic E-state index is 12.7. The minimum absolute atomic E-state index is 0.0881. The molecule has 1 aromatic carbocycles. The molecule has 1 aromatic rings. The van der Waals surface area contributed by atoms with Crippen molar-refractivity contribution in [2.45, 2.75) is 50.5 Å². The molecule has 34 heavy (non-hydrogen) atoms. The van der Waals surface area contributed by atoms with Gasteiger partial charge in [-0.1, -0.05) is 29.3 Å². The van der Waals surface area contributed by atoms with Crippen molar-refractivity contribution in [3.05, 3.63) is 39.9 Å². The smallest absolute Gasteiger partial charge is 0.246 e. The molecule has 0 radical (unpaired) electrons. The number of nitrogens with zero attached hydrogens (tertiary/aromatic N) is 3. The summed E-state index contributed by atoms with van der Waals surface area (Å²) < 4.78 is 6.02. The van der Waals surface area contributed by atoms with E-state index in [2.05, 4.69) is 4.90 Å². The third-order valence-electron chi connectivity index (χ3n) is 7.37. The molecule has 186 valence electrons. The molecule has 2 amide bonds. The summed E-state index contributed by atoms with van der Waals surface area (Å²) in [5.74, 6) is 0.0527. The maximum Gasteiger partial charge on any atom is 0.246 e. The number of likely N-dealkylation sites (tertiary alicyclic amines) is 1. The lowest BCUT2D eigenvalue weighted by Crippen LogP contribution is -2.44. The van der Waals surface area contributed by atoms with Gasteiger partial charge in [-0.05, 0) is 68.8 Å². The second-order valence-electron chi connectivity index (χ2n) is 9.65. The Morgan fingerprint density at radius 2 is 1.79 bits per heavy atom. The molecule has 0 aromatic heterocycles. The van der Waals surface area contributed by atoms with Crippen molar-refractivity contribution >= 4 is 41.1 Å². The van der Waals surface area contributed by atoms with Crippen LogP contribution in [-0.2, 0) is 14.3 Å². The van der Waals surface area contributed by atoms with Crippen molar-refractivity contribution in [3.63, 3.8) is 0 Å². The Balaban J connectivity index is 1.16. The number of amides is 2. The molecule has 8 heteroatoms. The minimum atomic E-state index is -0.0881. The zero-order chi connectivity index (χ0) is 24.0. The number of piperidine rings is 1. The van der Waals surface area contributed by atoms with E-state index in [1.165, 1.54) is 12.8 Å². The van der Waals surface area contributed by atoms with Gasteiger partial charge in [0.1, 0.15) is 0 Å². The average Bonchev–Trinajstić information content (AvgIpc) is 3.21. The minimum Gasteiger partial charge on any atom is -0.375 e. The number of halogens is 2. The standard InChI is InChI=1S/C26H35Cl2N3O3/c27-22-6-4-21(20-23(22)28)5-7-24(32)31-14-8-25(33)30(17-18-31)13-2-1-12-29-15-10-26(11-16-29)9-3-19-34-26/h4-7,20H,1-3,8-19H2. The lowest BCUT2D eigenvalue weighted by molar-refractivity contribution is -0.130. The molecular formula is C26H35Cl2N3O3. The van der Waals surface area contributed by atoms with Gasteiger partial charge >= 0.3 is 0 Å². The van der Waals surface area contributed by atoms with Gasteiger partial charge in [-0.2, -0.15) is 0 Å². The van der Waals surface area contributed by atoms with Crippen molar-refractivity contribution < 1.29 is 14.3 Å². The normalized spacial score (nSPS) is 21.5. The fraction of sp³-hybridized carbons (Fsp3) is 0.615. The Bertz CT molecular complexity index is 891. The van der Waals surface area contributed by atoms with Crippen LogP contribution >= 0.6 is 23.2 Å². The Morgan fingerprint density at radius 3 is 2.53 bits per heavy atom. The average molecular weight is 508 g/mol. The summed E-state index contributed by atoms with van der Waals surface area (Å²) in [7, 11) is 0. The molecular weight excluding hydrogens is 473 g/mol. The van der Waals surface area contributed by atoms with Gasteiger partial charge in [0.15, 0.2) is 0 Å². The van der Waals surface area contributed by atoms with Crippen LogP contribution in [-0.4, -0.2) is 84.5 Å². The van der Waals surface area contributed by atoms with Gasteiger partial charge < -0.3 is 19.4 Å². The predicted octanol–water partition coefficient (Wildman–Crippen LogP) is 4.49. The van der Waals surface area contributed by atoms with E-state index in [1.54, 1.807) is 29.2 Å². The highest BCUT2D eigenvalue weighted by atomic mass is 35.5. The molecule has 3 aliphatic rings. The molecule has 0 N–H and O–H groups in total. The maximum atomic E-state index is 12.7. The van der Waals surface area contributed by atoms with Gasteiger partial charge in [0.05, 0.1) is 15.6 Å². The monoisotopic (exact) mass is 507 g/mol. The van der Waals surface area contributed by atoms with E-state index in [1.807, 2.05) is 11.0 Å². The molecule has 3 aliphatic heterocycles. The molecule has 3 saturated heterocycles. The number of carbonyl (C=O) groups is 2. The summed E-state index contributed by atoms with van der Waals surface area (Å²) >= 11 is 12.0. The number of rotatable bonds is 7. The Labute approximate surface area is 212 Å². The van der Waals surface area contributed by atoms with E-state index in [0.29, 0.717) is 36.1 Å². The second-order valence-corrected chi connectivity index (χ2v) is 10.5. The number of benzene rings is 1. The first-order valence-electron chi connectivity index (χ1n) is 12.5. The van der Waals surface area contributed by atoms with Crippen molar-refractivity contribution in [1.29, 1.82) is 0 Å². The second kappa shape index (κ2) is 11.9. The largest absolute Gasteiger partial charge is 0.375 e. The summed E-state index contributed by atoms with van der Waals surface area (Å²) in [6.45, 7) is 6.63. The zero-order valence-corrected chi connectivity index (χ0v) is 21.3. The number of carbonyl (C=O) groups excluding carboxylic acids is 2. The number of hydrogen-bond acceptors (Lipinski definition) is 4. The van der Waals surface area contributed by atoms with Crippen LogP contribution in [0.4, 0.5) is 0 Å². The van der Waals surface area contributed by atoms with Gasteiger partial charge in [-0.3, -0.25) is 9.59 Å². The van der Waals surface area contributed by atoms with Crippen molar-refractivity contribution in [2.24, 2.45) is 0 Å². The third kappa shape index (κ3) is 6.75. The third-order valence-corrected chi connectivity index (χ3v) is 8.11. The van der Waals surface area contributed by atoms with Crippen molar-refractivity contribution in [3.8, 4) is 0 Å². The van der Waals surface area contributed by atoms with E-state index in [-0.39, 0.29) is 17.4 Å². The fourth-order valence-electron chi connectivity index (χ4n) is 5.18. The highest BCUT2D eigenvalue weighted by Gasteiger charge is 2.38. The van der Waals surface area contributed by atoms with Crippen LogP contribution in [0.15, 0.2) is 24.3 Å². The van der Waals surface area contributed by atoms with Crippen LogP contribution in [0.1, 0.15) is 50.5 Å². The van der Waals surface area contributed by atoms with Crippen LogP contribution in [0.2, 0.25) is 10.0 Å². The molecule has 3 heterocycles.